The summed E-state index contributed by atoms with van der Waals surface area (Å²) in [5, 5.41) is 0. The Bertz CT molecular complexity index is 221. The Balaban J connectivity index is 3.02. The lowest BCUT2D eigenvalue weighted by molar-refractivity contribution is 0.911. The summed E-state index contributed by atoms with van der Waals surface area (Å²) in [6.07, 6.45) is 3.34. The SMILES string of the molecule is CNn1ccc(=O)cc1. The van der Waals surface area contributed by atoms with Crippen LogP contribution in [0.5, 0.6) is 0 Å². The van der Waals surface area contributed by atoms with Gasteiger partial charge in [0.05, 0.1) is 0 Å². The van der Waals surface area contributed by atoms with Gasteiger partial charge in [0.25, 0.3) is 0 Å². The first kappa shape index (κ1) is 5.88. The molecule has 3 nitrogen and oxygen atoms in total. The molecule has 0 saturated heterocycles. The summed E-state index contributed by atoms with van der Waals surface area (Å²) in [6, 6.07) is 2.99. The minimum absolute atomic E-state index is 0.0292. The van der Waals surface area contributed by atoms with E-state index in [1.54, 1.807) is 24.1 Å². The van der Waals surface area contributed by atoms with E-state index >= 15 is 0 Å². The summed E-state index contributed by atoms with van der Waals surface area (Å²) >= 11 is 0. The quantitative estimate of drug-likeness (QED) is 0.572. The number of rotatable bonds is 1. The van der Waals surface area contributed by atoms with Crippen LogP contribution < -0.4 is 10.9 Å². The molecule has 0 saturated carbocycles. The molecule has 0 bridgehead atoms. The van der Waals surface area contributed by atoms with E-state index in [0.29, 0.717) is 0 Å². The van der Waals surface area contributed by atoms with Gasteiger partial charge in [0.2, 0.25) is 0 Å². The highest BCUT2D eigenvalue weighted by Crippen LogP contribution is 1.74. The first-order valence-electron chi connectivity index (χ1n) is 2.69. The Morgan fingerprint density at radius 2 is 2.00 bits per heavy atom. The predicted octanol–water partition coefficient (Wildman–Crippen LogP) is 0.0216. The van der Waals surface area contributed by atoms with Crippen molar-refractivity contribution in [2.24, 2.45) is 0 Å². The van der Waals surface area contributed by atoms with Gasteiger partial charge < -0.3 is 5.43 Å². The minimum atomic E-state index is 0.0292. The van der Waals surface area contributed by atoms with Gasteiger partial charge in [-0.3, -0.25) is 9.47 Å². The molecule has 0 aliphatic heterocycles. The molecule has 0 aliphatic rings. The number of hydrogen-bond acceptors (Lipinski definition) is 2. The topological polar surface area (TPSA) is 34.0 Å². The van der Waals surface area contributed by atoms with Crippen LogP contribution in [0.15, 0.2) is 29.3 Å². The smallest absolute Gasteiger partial charge is 0.181 e. The molecule has 1 rings (SSSR count). The molecule has 0 aliphatic carbocycles. The monoisotopic (exact) mass is 124 g/mol. The van der Waals surface area contributed by atoms with Crippen molar-refractivity contribution in [2.75, 3.05) is 12.5 Å². The molecule has 1 aromatic rings. The van der Waals surface area contributed by atoms with Crippen molar-refractivity contribution in [3.63, 3.8) is 0 Å². The molecule has 1 aromatic heterocycles. The van der Waals surface area contributed by atoms with Gasteiger partial charge in [0.1, 0.15) is 0 Å². The number of hydrogen-bond donors (Lipinski definition) is 1. The number of nitrogens with zero attached hydrogens (tertiary/aromatic N) is 1. The third-order valence-electron chi connectivity index (χ3n) is 1.06. The molecule has 48 valence electrons. The molecule has 0 fully saturated rings. The van der Waals surface area contributed by atoms with E-state index in [-0.39, 0.29) is 5.43 Å². The standard InChI is InChI=1S/C6H8N2O/c1-7-8-4-2-6(9)3-5-8/h2-5,7H,1H3. The zero-order valence-electron chi connectivity index (χ0n) is 5.16. The lowest BCUT2D eigenvalue weighted by Gasteiger charge is -2.00. The van der Waals surface area contributed by atoms with E-state index in [0.717, 1.165) is 0 Å². The molecule has 0 unspecified atom stereocenters. The number of aromatic nitrogens is 1. The number of nitrogens with one attached hydrogen (secondary N) is 1. The Morgan fingerprint density at radius 1 is 1.44 bits per heavy atom. The zero-order valence-corrected chi connectivity index (χ0v) is 5.16. The van der Waals surface area contributed by atoms with Crippen LogP contribution in [-0.4, -0.2) is 11.7 Å². The van der Waals surface area contributed by atoms with E-state index in [1.165, 1.54) is 12.1 Å². The Kier molecular flexibility index (Phi) is 1.53. The second-order valence-electron chi connectivity index (χ2n) is 1.66. The summed E-state index contributed by atoms with van der Waals surface area (Å²) in [4.78, 5) is 10.5. The van der Waals surface area contributed by atoms with Crippen LogP contribution in [0.2, 0.25) is 0 Å². The van der Waals surface area contributed by atoms with Crippen LogP contribution >= 0.6 is 0 Å². The van der Waals surface area contributed by atoms with Gasteiger partial charge in [0, 0.05) is 31.6 Å². The third kappa shape index (κ3) is 1.32. The average Bonchev–Trinajstić information content (AvgIpc) is 1.90. The second-order valence-corrected chi connectivity index (χ2v) is 1.66. The Morgan fingerprint density at radius 3 is 2.44 bits per heavy atom. The van der Waals surface area contributed by atoms with Crippen LogP contribution in [0, 0.1) is 0 Å². The van der Waals surface area contributed by atoms with Crippen molar-refractivity contribution < 1.29 is 0 Å². The predicted molar refractivity (Wildman–Crippen MR) is 36.0 cm³/mol. The highest BCUT2D eigenvalue weighted by Gasteiger charge is 1.79. The summed E-state index contributed by atoms with van der Waals surface area (Å²) in [5.41, 5.74) is 2.86. The largest absolute Gasteiger partial charge is 0.330 e. The van der Waals surface area contributed by atoms with E-state index in [9.17, 15) is 4.79 Å². The lowest BCUT2D eigenvalue weighted by Crippen LogP contribution is -2.10. The molecule has 0 atom stereocenters. The zero-order chi connectivity index (χ0) is 6.69. The van der Waals surface area contributed by atoms with Crippen molar-refractivity contribution in [3.8, 4) is 0 Å². The molecule has 1 heterocycles. The Hall–Kier alpha value is -1.25. The highest BCUT2D eigenvalue weighted by atomic mass is 16.1. The van der Waals surface area contributed by atoms with E-state index in [2.05, 4.69) is 5.43 Å². The fraction of sp³-hybridized carbons (Fsp3) is 0.167. The van der Waals surface area contributed by atoms with Crippen LogP contribution in [0.4, 0.5) is 0 Å². The van der Waals surface area contributed by atoms with Crippen LogP contribution in [0.3, 0.4) is 0 Å². The maximum absolute atomic E-state index is 10.5. The van der Waals surface area contributed by atoms with Crippen molar-refractivity contribution in [1.29, 1.82) is 0 Å². The van der Waals surface area contributed by atoms with Gasteiger partial charge in [-0.25, -0.2) is 0 Å². The van der Waals surface area contributed by atoms with Gasteiger partial charge in [-0.2, -0.15) is 0 Å². The maximum Gasteiger partial charge on any atom is 0.181 e. The molecule has 0 radical (unpaired) electrons. The van der Waals surface area contributed by atoms with Crippen molar-refractivity contribution >= 4 is 0 Å². The lowest BCUT2D eigenvalue weighted by atomic mass is 10.5. The molecular formula is C6H8N2O. The summed E-state index contributed by atoms with van der Waals surface area (Å²) in [6.45, 7) is 0. The van der Waals surface area contributed by atoms with Crippen LogP contribution in [-0.2, 0) is 0 Å². The van der Waals surface area contributed by atoms with Crippen LogP contribution in [0.25, 0.3) is 0 Å². The van der Waals surface area contributed by atoms with Crippen molar-refractivity contribution in [1.82, 2.24) is 4.68 Å². The van der Waals surface area contributed by atoms with Gasteiger partial charge in [0.15, 0.2) is 5.43 Å². The molecule has 9 heavy (non-hydrogen) atoms. The fourth-order valence-corrected chi connectivity index (χ4v) is 0.562. The second kappa shape index (κ2) is 2.35. The van der Waals surface area contributed by atoms with Crippen molar-refractivity contribution in [3.05, 3.63) is 34.7 Å². The number of pyridine rings is 1. The molecule has 0 spiro atoms. The molecule has 0 amide bonds. The molecule has 1 N–H and O–H groups in total. The first-order chi connectivity index (χ1) is 4.33. The normalized spacial score (nSPS) is 9.00. The summed E-state index contributed by atoms with van der Waals surface area (Å²) in [7, 11) is 1.78. The van der Waals surface area contributed by atoms with Gasteiger partial charge >= 0.3 is 0 Å². The summed E-state index contributed by atoms with van der Waals surface area (Å²) < 4.78 is 1.70. The van der Waals surface area contributed by atoms with Gasteiger partial charge in [-0.1, -0.05) is 0 Å². The molecule has 3 heteroatoms. The van der Waals surface area contributed by atoms with Gasteiger partial charge in [-0.15, -0.1) is 0 Å². The third-order valence-corrected chi connectivity index (χ3v) is 1.06. The Labute approximate surface area is 52.9 Å². The van der Waals surface area contributed by atoms with E-state index in [4.69, 9.17) is 0 Å². The highest BCUT2D eigenvalue weighted by molar-refractivity contribution is 4.94. The van der Waals surface area contributed by atoms with Crippen LogP contribution in [0.1, 0.15) is 0 Å². The summed E-state index contributed by atoms with van der Waals surface area (Å²) in [5.74, 6) is 0. The maximum atomic E-state index is 10.5. The first-order valence-corrected chi connectivity index (χ1v) is 2.69. The molecular weight excluding hydrogens is 116 g/mol. The fourth-order valence-electron chi connectivity index (χ4n) is 0.562. The van der Waals surface area contributed by atoms with E-state index < -0.39 is 0 Å². The van der Waals surface area contributed by atoms with Crippen molar-refractivity contribution in [2.45, 2.75) is 0 Å². The van der Waals surface area contributed by atoms with E-state index in [1.807, 2.05) is 0 Å². The minimum Gasteiger partial charge on any atom is -0.330 e. The average molecular weight is 124 g/mol. The van der Waals surface area contributed by atoms with Gasteiger partial charge in [-0.05, 0) is 0 Å². The molecule has 0 aromatic carbocycles.